The van der Waals surface area contributed by atoms with Crippen molar-refractivity contribution in [2.24, 2.45) is 0 Å². The highest BCUT2D eigenvalue weighted by Crippen LogP contribution is 2.20. The highest BCUT2D eigenvalue weighted by atomic mass is 35.5. The van der Waals surface area contributed by atoms with Crippen LogP contribution in [0.1, 0.15) is 16.7 Å². The molecular weight excluding hydrogens is 273 g/mol. The summed E-state index contributed by atoms with van der Waals surface area (Å²) in [6.07, 6.45) is 1.70. The van der Waals surface area contributed by atoms with Crippen LogP contribution >= 0.6 is 11.6 Å². The molecule has 0 saturated heterocycles. The summed E-state index contributed by atoms with van der Waals surface area (Å²) < 4.78 is 13.1. The van der Waals surface area contributed by atoms with Crippen LogP contribution in [0.25, 0.3) is 0 Å². The van der Waals surface area contributed by atoms with Gasteiger partial charge < -0.3 is 5.32 Å². The minimum atomic E-state index is -0.293. The van der Waals surface area contributed by atoms with E-state index < -0.39 is 0 Å². The molecule has 0 amide bonds. The van der Waals surface area contributed by atoms with Crippen LogP contribution < -0.4 is 5.32 Å². The first-order valence-electron chi connectivity index (χ1n) is 6.75. The zero-order valence-corrected chi connectivity index (χ0v) is 12.5. The van der Waals surface area contributed by atoms with E-state index in [1.54, 1.807) is 6.07 Å². The first-order chi connectivity index (χ1) is 9.58. The maximum atomic E-state index is 13.1. The first kappa shape index (κ1) is 15.0. The summed E-state index contributed by atoms with van der Waals surface area (Å²) >= 11 is 6.09. The molecule has 1 N–H and O–H groups in total. The molecular formula is C17H19ClFN. The zero-order valence-electron chi connectivity index (χ0n) is 11.8. The Hall–Kier alpha value is -1.38. The zero-order chi connectivity index (χ0) is 14.5. The van der Waals surface area contributed by atoms with E-state index in [9.17, 15) is 4.39 Å². The highest BCUT2D eigenvalue weighted by Gasteiger charge is 2.11. The van der Waals surface area contributed by atoms with Crippen molar-refractivity contribution in [2.75, 3.05) is 7.05 Å². The van der Waals surface area contributed by atoms with Gasteiger partial charge in [-0.2, -0.15) is 0 Å². The van der Waals surface area contributed by atoms with E-state index in [1.165, 1.54) is 23.3 Å². The summed E-state index contributed by atoms with van der Waals surface area (Å²) in [6.45, 7) is 2.08. The average Bonchev–Trinajstić information content (AvgIpc) is 2.43. The number of nitrogens with one attached hydrogen (secondary N) is 1. The lowest BCUT2D eigenvalue weighted by Gasteiger charge is -2.17. The van der Waals surface area contributed by atoms with Crippen molar-refractivity contribution < 1.29 is 4.39 Å². The third kappa shape index (κ3) is 4.06. The van der Waals surface area contributed by atoms with Gasteiger partial charge in [0, 0.05) is 11.1 Å². The van der Waals surface area contributed by atoms with Crippen molar-refractivity contribution >= 4 is 11.6 Å². The van der Waals surface area contributed by atoms with Crippen LogP contribution in [0.3, 0.4) is 0 Å². The molecule has 0 heterocycles. The normalized spacial score (nSPS) is 12.4. The van der Waals surface area contributed by atoms with Crippen molar-refractivity contribution in [2.45, 2.75) is 25.8 Å². The van der Waals surface area contributed by atoms with Crippen LogP contribution in [-0.2, 0) is 12.8 Å². The van der Waals surface area contributed by atoms with Gasteiger partial charge in [0.25, 0.3) is 0 Å². The topological polar surface area (TPSA) is 12.0 Å². The second-order valence-electron chi connectivity index (χ2n) is 5.12. The largest absolute Gasteiger partial charge is 0.316 e. The van der Waals surface area contributed by atoms with Crippen LogP contribution in [0, 0.1) is 12.7 Å². The second-order valence-corrected chi connectivity index (χ2v) is 5.52. The van der Waals surface area contributed by atoms with Gasteiger partial charge in [0.2, 0.25) is 0 Å². The molecule has 106 valence electrons. The molecule has 0 spiro atoms. The van der Waals surface area contributed by atoms with Crippen molar-refractivity contribution in [3.63, 3.8) is 0 Å². The Balaban J connectivity index is 2.07. The van der Waals surface area contributed by atoms with E-state index in [-0.39, 0.29) is 11.9 Å². The Labute approximate surface area is 124 Å². The smallest absolute Gasteiger partial charge is 0.124 e. The molecule has 0 aromatic heterocycles. The molecule has 0 aliphatic carbocycles. The predicted octanol–water partition coefficient (Wildman–Crippen LogP) is 4.16. The van der Waals surface area contributed by atoms with E-state index in [4.69, 9.17) is 11.6 Å². The van der Waals surface area contributed by atoms with Gasteiger partial charge in [0.15, 0.2) is 0 Å². The molecule has 1 atom stereocenters. The van der Waals surface area contributed by atoms with Gasteiger partial charge in [-0.3, -0.25) is 0 Å². The van der Waals surface area contributed by atoms with Crippen LogP contribution in [0.4, 0.5) is 4.39 Å². The van der Waals surface area contributed by atoms with Gasteiger partial charge in [-0.05, 0) is 50.1 Å². The Morgan fingerprint density at radius 2 is 1.80 bits per heavy atom. The Morgan fingerprint density at radius 3 is 2.40 bits per heavy atom. The summed E-state index contributed by atoms with van der Waals surface area (Å²) in [5.74, 6) is -0.293. The number of aryl methyl sites for hydroxylation is 1. The third-order valence-corrected chi connectivity index (χ3v) is 3.84. The highest BCUT2D eigenvalue weighted by molar-refractivity contribution is 6.31. The second kappa shape index (κ2) is 6.87. The van der Waals surface area contributed by atoms with Gasteiger partial charge in [-0.1, -0.05) is 47.5 Å². The minimum Gasteiger partial charge on any atom is -0.316 e. The van der Waals surface area contributed by atoms with Gasteiger partial charge in [0.05, 0.1) is 0 Å². The Morgan fingerprint density at radius 1 is 1.10 bits per heavy atom. The molecule has 0 aliphatic rings. The Bertz CT molecular complexity index is 566. The quantitative estimate of drug-likeness (QED) is 0.872. The molecule has 0 fully saturated rings. The molecule has 0 aliphatic heterocycles. The molecule has 2 aromatic carbocycles. The fourth-order valence-electron chi connectivity index (χ4n) is 2.24. The number of likely N-dealkylation sites (N-methyl/N-ethyl adjacent to an activating group) is 1. The maximum absolute atomic E-state index is 13.1. The number of halogens is 2. The molecule has 0 radical (unpaired) electrons. The fraction of sp³-hybridized carbons (Fsp3) is 0.294. The van der Waals surface area contributed by atoms with Gasteiger partial charge in [-0.15, -0.1) is 0 Å². The summed E-state index contributed by atoms with van der Waals surface area (Å²) in [5.41, 5.74) is 3.52. The lowest BCUT2D eigenvalue weighted by molar-refractivity contribution is 0.555. The number of hydrogen-bond acceptors (Lipinski definition) is 1. The molecule has 0 saturated carbocycles. The van der Waals surface area contributed by atoms with E-state index in [0.29, 0.717) is 5.02 Å². The predicted molar refractivity (Wildman–Crippen MR) is 82.8 cm³/mol. The van der Waals surface area contributed by atoms with E-state index >= 15 is 0 Å². The monoisotopic (exact) mass is 291 g/mol. The molecule has 20 heavy (non-hydrogen) atoms. The van der Waals surface area contributed by atoms with Crippen molar-refractivity contribution in [1.29, 1.82) is 0 Å². The fourth-order valence-corrected chi connectivity index (χ4v) is 2.48. The SMILES string of the molecule is CNC(Cc1ccc(C)cc1)Cc1ccc(F)cc1Cl. The van der Waals surface area contributed by atoms with Gasteiger partial charge >= 0.3 is 0 Å². The van der Waals surface area contributed by atoms with Crippen LogP contribution in [0.5, 0.6) is 0 Å². The van der Waals surface area contributed by atoms with Crippen molar-refractivity contribution in [3.05, 3.63) is 70.0 Å². The standard InChI is InChI=1S/C17H19ClFN/c1-12-3-5-13(6-4-12)9-16(20-2)10-14-7-8-15(19)11-17(14)18/h3-8,11,16,20H,9-10H2,1-2H3. The summed E-state index contributed by atoms with van der Waals surface area (Å²) in [4.78, 5) is 0. The van der Waals surface area contributed by atoms with E-state index in [0.717, 1.165) is 18.4 Å². The van der Waals surface area contributed by atoms with Gasteiger partial charge in [0.1, 0.15) is 5.82 Å². The van der Waals surface area contributed by atoms with E-state index in [1.807, 2.05) is 7.05 Å². The molecule has 1 unspecified atom stereocenters. The van der Waals surface area contributed by atoms with Crippen LogP contribution in [0.15, 0.2) is 42.5 Å². The molecule has 2 rings (SSSR count). The summed E-state index contributed by atoms with van der Waals surface area (Å²) in [6, 6.07) is 13.4. The lowest BCUT2D eigenvalue weighted by Crippen LogP contribution is -2.30. The van der Waals surface area contributed by atoms with E-state index in [2.05, 4.69) is 36.5 Å². The number of benzene rings is 2. The number of hydrogen-bond donors (Lipinski definition) is 1. The molecule has 0 bridgehead atoms. The number of rotatable bonds is 5. The van der Waals surface area contributed by atoms with Crippen molar-refractivity contribution in [3.8, 4) is 0 Å². The maximum Gasteiger partial charge on any atom is 0.124 e. The molecule has 2 aromatic rings. The Kier molecular flexibility index (Phi) is 5.16. The van der Waals surface area contributed by atoms with Crippen LogP contribution in [0.2, 0.25) is 5.02 Å². The minimum absolute atomic E-state index is 0.278. The first-order valence-corrected chi connectivity index (χ1v) is 7.13. The lowest BCUT2D eigenvalue weighted by atomic mass is 9.98. The van der Waals surface area contributed by atoms with Crippen LogP contribution in [-0.4, -0.2) is 13.1 Å². The summed E-state index contributed by atoms with van der Waals surface area (Å²) in [5, 5.41) is 3.80. The van der Waals surface area contributed by atoms with Crippen molar-refractivity contribution in [1.82, 2.24) is 5.32 Å². The molecule has 3 heteroatoms. The summed E-state index contributed by atoms with van der Waals surface area (Å²) in [7, 11) is 1.94. The van der Waals surface area contributed by atoms with Gasteiger partial charge in [-0.25, -0.2) is 4.39 Å². The third-order valence-electron chi connectivity index (χ3n) is 3.49. The molecule has 1 nitrogen and oxygen atoms in total. The average molecular weight is 292 g/mol.